The molecule has 1 aromatic carbocycles. The van der Waals surface area contributed by atoms with Crippen LogP contribution in [0.15, 0.2) is 23.2 Å². The molecule has 0 aromatic heterocycles. The number of guanidine groups is 1. The standard InChI is InChI=1S/C21H30N4O3.HI/c1-20(2,15-5-6-16-17(9-15)28-14-27-16)11-24-19(22-3)25-8-4-7-21(13-25)10-18(26)23-12-21;/h5-6,9H,4,7-8,10-14H2,1-3H3,(H,22,24)(H,23,26);1H. The van der Waals surface area contributed by atoms with Crippen molar-refractivity contribution < 1.29 is 14.3 Å². The number of carbonyl (C=O) groups is 1. The number of hydrogen-bond donors (Lipinski definition) is 2. The van der Waals surface area contributed by atoms with Crippen LogP contribution in [0, 0.1) is 5.41 Å². The van der Waals surface area contributed by atoms with E-state index < -0.39 is 0 Å². The van der Waals surface area contributed by atoms with E-state index in [9.17, 15) is 4.79 Å². The molecule has 0 bridgehead atoms. The number of amides is 1. The van der Waals surface area contributed by atoms with Gasteiger partial charge in [-0.25, -0.2) is 0 Å². The van der Waals surface area contributed by atoms with Crippen molar-refractivity contribution in [3.8, 4) is 11.5 Å². The van der Waals surface area contributed by atoms with Gasteiger partial charge in [0, 0.05) is 50.5 Å². The van der Waals surface area contributed by atoms with Gasteiger partial charge in [0.25, 0.3) is 0 Å². The smallest absolute Gasteiger partial charge is 0.231 e. The molecule has 2 fully saturated rings. The number of halogens is 1. The van der Waals surface area contributed by atoms with Crippen molar-refractivity contribution >= 4 is 35.8 Å². The van der Waals surface area contributed by atoms with E-state index in [-0.39, 0.29) is 47.5 Å². The Morgan fingerprint density at radius 3 is 2.86 bits per heavy atom. The number of fused-ring (bicyclic) bond motifs is 1. The average Bonchev–Trinajstić information content (AvgIpc) is 3.28. The number of nitrogens with one attached hydrogen (secondary N) is 2. The Bertz CT molecular complexity index is 798. The van der Waals surface area contributed by atoms with Crippen molar-refractivity contribution in [2.75, 3.05) is 40.0 Å². The van der Waals surface area contributed by atoms with Crippen molar-refractivity contribution in [3.05, 3.63) is 23.8 Å². The minimum atomic E-state index is -0.102. The third kappa shape index (κ3) is 4.57. The molecule has 7 nitrogen and oxygen atoms in total. The van der Waals surface area contributed by atoms with Crippen molar-refractivity contribution in [3.63, 3.8) is 0 Å². The zero-order valence-electron chi connectivity index (χ0n) is 17.4. The molecule has 0 saturated carbocycles. The summed E-state index contributed by atoms with van der Waals surface area (Å²) in [7, 11) is 1.83. The Labute approximate surface area is 189 Å². The van der Waals surface area contributed by atoms with Gasteiger partial charge in [-0.2, -0.15) is 0 Å². The summed E-state index contributed by atoms with van der Waals surface area (Å²) in [5.41, 5.74) is 1.15. The molecule has 1 amide bonds. The highest BCUT2D eigenvalue weighted by molar-refractivity contribution is 14.0. The van der Waals surface area contributed by atoms with Gasteiger partial charge in [-0.1, -0.05) is 19.9 Å². The molecule has 3 aliphatic heterocycles. The van der Waals surface area contributed by atoms with Crippen LogP contribution < -0.4 is 20.1 Å². The minimum absolute atomic E-state index is 0. The van der Waals surface area contributed by atoms with Crippen molar-refractivity contribution in [2.24, 2.45) is 10.4 Å². The number of ether oxygens (including phenoxy) is 2. The van der Waals surface area contributed by atoms with Crippen LogP contribution in [0.5, 0.6) is 11.5 Å². The Morgan fingerprint density at radius 2 is 2.14 bits per heavy atom. The number of carbonyl (C=O) groups excluding carboxylic acids is 1. The maximum atomic E-state index is 11.8. The Balaban J connectivity index is 0.00000240. The molecule has 1 spiro atoms. The van der Waals surface area contributed by atoms with Gasteiger partial charge in [0.15, 0.2) is 17.5 Å². The molecule has 3 heterocycles. The van der Waals surface area contributed by atoms with E-state index in [2.05, 4.69) is 46.5 Å². The second-order valence-corrected chi connectivity index (χ2v) is 8.83. The van der Waals surface area contributed by atoms with Gasteiger partial charge in [0.1, 0.15) is 0 Å². The van der Waals surface area contributed by atoms with Gasteiger partial charge in [-0.15, -0.1) is 24.0 Å². The van der Waals surface area contributed by atoms with Crippen LogP contribution in [-0.2, 0) is 10.2 Å². The fourth-order valence-electron chi connectivity index (χ4n) is 4.48. The van der Waals surface area contributed by atoms with Gasteiger partial charge < -0.3 is 25.0 Å². The second-order valence-electron chi connectivity index (χ2n) is 8.83. The Kier molecular flexibility index (Phi) is 6.50. The molecule has 1 aromatic rings. The van der Waals surface area contributed by atoms with Gasteiger partial charge in [0.2, 0.25) is 12.7 Å². The Morgan fingerprint density at radius 1 is 1.34 bits per heavy atom. The maximum Gasteiger partial charge on any atom is 0.231 e. The van der Waals surface area contributed by atoms with Crippen molar-refractivity contribution in [2.45, 2.75) is 38.5 Å². The van der Waals surface area contributed by atoms with Crippen LogP contribution in [0.25, 0.3) is 0 Å². The summed E-state index contributed by atoms with van der Waals surface area (Å²) < 4.78 is 11.0. The molecule has 0 aliphatic carbocycles. The number of hydrogen-bond acceptors (Lipinski definition) is 4. The lowest BCUT2D eigenvalue weighted by molar-refractivity contribution is -0.119. The van der Waals surface area contributed by atoms with Crippen LogP contribution in [0.3, 0.4) is 0 Å². The first kappa shape index (κ1) is 22.0. The van der Waals surface area contributed by atoms with Gasteiger partial charge in [-0.05, 0) is 30.5 Å². The lowest BCUT2D eigenvalue weighted by Crippen LogP contribution is -2.52. The summed E-state index contributed by atoms with van der Waals surface area (Å²) in [5, 5.41) is 6.57. The van der Waals surface area contributed by atoms with Gasteiger partial charge in [0.05, 0.1) is 0 Å². The molecule has 2 N–H and O–H groups in total. The summed E-state index contributed by atoms with van der Waals surface area (Å²) in [5.74, 6) is 2.70. The summed E-state index contributed by atoms with van der Waals surface area (Å²) in [6.45, 7) is 8.08. The van der Waals surface area contributed by atoms with E-state index in [1.54, 1.807) is 0 Å². The molecule has 1 atom stereocenters. The summed E-state index contributed by atoms with van der Waals surface area (Å²) in [4.78, 5) is 18.6. The van der Waals surface area contributed by atoms with Crippen LogP contribution >= 0.6 is 24.0 Å². The zero-order chi connectivity index (χ0) is 19.8. The van der Waals surface area contributed by atoms with E-state index >= 15 is 0 Å². The van der Waals surface area contributed by atoms with E-state index in [0.717, 1.165) is 56.5 Å². The largest absolute Gasteiger partial charge is 0.454 e. The molecule has 8 heteroatoms. The van der Waals surface area contributed by atoms with Crippen LogP contribution in [0.4, 0.5) is 0 Å². The molecular formula is C21H31IN4O3. The molecule has 3 aliphatic rings. The molecule has 160 valence electrons. The van der Waals surface area contributed by atoms with Crippen LogP contribution in [0.1, 0.15) is 38.7 Å². The predicted molar refractivity (Wildman–Crippen MR) is 123 cm³/mol. The van der Waals surface area contributed by atoms with Crippen LogP contribution in [0.2, 0.25) is 0 Å². The summed E-state index contributed by atoms with van der Waals surface area (Å²) in [6, 6.07) is 6.15. The molecule has 29 heavy (non-hydrogen) atoms. The number of rotatable bonds is 3. The monoisotopic (exact) mass is 514 g/mol. The molecule has 1 unspecified atom stereocenters. The van der Waals surface area contributed by atoms with Gasteiger partial charge >= 0.3 is 0 Å². The summed E-state index contributed by atoms with van der Waals surface area (Å²) >= 11 is 0. The lowest BCUT2D eigenvalue weighted by atomic mass is 9.79. The highest BCUT2D eigenvalue weighted by Crippen LogP contribution is 2.37. The highest BCUT2D eigenvalue weighted by Gasteiger charge is 2.42. The number of benzene rings is 1. The quantitative estimate of drug-likeness (QED) is 0.369. The first-order valence-corrected chi connectivity index (χ1v) is 10.0. The molecule has 4 rings (SSSR count). The van der Waals surface area contributed by atoms with E-state index in [1.807, 2.05) is 13.1 Å². The number of piperidine rings is 1. The highest BCUT2D eigenvalue weighted by atomic mass is 127. The second kappa shape index (κ2) is 8.57. The minimum Gasteiger partial charge on any atom is -0.454 e. The molecule has 0 radical (unpaired) electrons. The first-order valence-electron chi connectivity index (χ1n) is 10.0. The Hall–Kier alpha value is -1.71. The topological polar surface area (TPSA) is 75.2 Å². The van der Waals surface area contributed by atoms with Gasteiger partial charge in [-0.3, -0.25) is 9.79 Å². The zero-order valence-corrected chi connectivity index (χ0v) is 19.7. The number of nitrogens with zero attached hydrogens (tertiary/aromatic N) is 2. The predicted octanol–water partition coefficient (Wildman–Crippen LogP) is 2.49. The van der Waals surface area contributed by atoms with Crippen LogP contribution in [-0.4, -0.2) is 56.8 Å². The van der Waals surface area contributed by atoms with Crippen molar-refractivity contribution in [1.29, 1.82) is 0 Å². The van der Waals surface area contributed by atoms with Crippen molar-refractivity contribution in [1.82, 2.24) is 15.5 Å². The first-order chi connectivity index (χ1) is 13.4. The fourth-order valence-corrected chi connectivity index (χ4v) is 4.48. The number of likely N-dealkylation sites (tertiary alicyclic amines) is 1. The number of aliphatic imine (C=N–C) groups is 1. The van der Waals surface area contributed by atoms with E-state index in [0.29, 0.717) is 6.42 Å². The lowest BCUT2D eigenvalue weighted by Gasteiger charge is -2.41. The third-order valence-corrected chi connectivity index (χ3v) is 6.21. The molecular weight excluding hydrogens is 483 g/mol. The fraction of sp³-hybridized carbons (Fsp3) is 0.619. The SMILES string of the molecule is CN=C(NCC(C)(C)c1ccc2c(c1)OCO2)N1CCCC2(CNC(=O)C2)C1.I. The van der Waals surface area contributed by atoms with E-state index in [1.165, 1.54) is 5.56 Å². The molecule has 2 saturated heterocycles. The van der Waals surface area contributed by atoms with E-state index in [4.69, 9.17) is 9.47 Å². The maximum absolute atomic E-state index is 11.8. The third-order valence-electron chi connectivity index (χ3n) is 6.21. The average molecular weight is 514 g/mol. The normalized spacial score (nSPS) is 23.8. The summed E-state index contributed by atoms with van der Waals surface area (Å²) in [6.07, 6.45) is 2.81.